The van der Waals surface area contributed by atoms with Crippen LogP contribution in [0.1, 0.15) is 36.0 Å². The number of hydrogen-bond donors (Lipinski definition) is 2. The molecule has 2 N–H and O–H groups in total. The number of ether oxygens (including phenoxy) is 1. The van der Waals surface area contributed by atoms with Crippen LogP contribution in [-0.2, 0) is 9.59 Å². The molecule has 2 amide bonds. The second-order valence-electron chi connectivity index (χ2n) is 6.22. The number of nitrogens with one attached hydrogen (secondary N) is 2. The van der Waals surface area contributed by atoms with E-state index in [0.717, 1.165) is 16.7 Å². The summed E-state index contributed by atoms with van der Waals surface area (Å²) in [4.78, 5) is 23.7. The van der Waals surface area contributed by atoms with Gasteiger partial charge in [-0.2, -0.15) is 0 Å². The molecule has 5 nitrogen and oxygen atoms in total. The minimum Gasteiger partial charge on any atom is -0.484 e. The number of carbonyl (C=O) groups excluding carboxylic acids is 2. The summed E-state index contributed by atoms with van der Waals surface area (Å²) >= 11 is 0. The molecular weight excluding hydrogens is 316 g/mol. The third-order valence-corrected chi connectivity index (χ3v) is 3.77. The van der Waals surface area contributed by atoms with E-state index in [1.54, 1.807) is 0 Å². The molecule has 25 heavy (non-hydrogen) atoms. The molecule has 1 unspecified atom stereocenters. The van der Waals surface area contributed by atoms with Crippen molar-refractivity contribution in [1.82, 2.24) is 10.9 Å². The normalized spacial score (nSPS) is 11.5. The second-order valence-corrected chi connectivity index (χ2v) is 6.22. The minimum absolute atomic E-state index is 0.0737. The SMILES string of the molecule is Cc1cc(C)cc(OCC(=O)NNC(=O)CC(C)c2ccccc2)c1. The van der Waals surface area contributed by atoms with Crippen molar-refractivity contribution in [3.05, 3.63) is 65.2 Å². The second kappa shape index (κ2) is 8.87. The molecule has 1 atom stereocenters. The van der Waals surface area contributed by atoms with Gasteiger partial charge in [-0.05, 0) is 48.6 Å². The van der Waals surface area contributed by atoms with Crippen molar-refractivity contribution < 1.29 is 14.3 Å². The highest BCUT2D eigenvalue weighted by atomic mass is 16.5. The zero-order chi connectivity index (χ0) is 18.2. The van der Waals surface area contributed by atoms with Crippen LogP contribution in [-0.4, -0.2) is 18.4 Å². The van der Waals surface area contributed by atoms with Gasteiger partial charge in [-0.3, -0.25) is 20.4 Å². The predicted molar refractivity (Wildman–Crippen MR) is 97.2 cm³/mol. The van der Waals surface area contributed by atoms with Crippen LogP contribution in [0.5, 0.6) is 5.75 Å². The zero-order valence-corrected chi connectivity index (χ0v) is 14.8. The van der Waals surface area contributed by atoms with E-state index >= 15 is 0 Å². The molecule has 2 rings (SSSR count). The van der Waals surface area contributed by atoms with Gasteiger partial charge in [0.1, 0.15) is 5.75 Å². The van der Waals surface area contributed by atoms with Crippen LogP contribution in [0.25, 0.3) is 0 Å². The Labute approximate surface area is 148 Å². The van der Waals surface area contributed by atoms with Gasteiger partial charge in [0.25, 0.3) is 5.91 Å². The Morgan fingerprint density at radius 1 is 0.960 bits per heavy atom. The summed E-state index contributed by atoms with van der Waals surface area (Å²) in [6, 6.07) is 15.5. The lowest BCUT2D eigenvalue weighted by molar-refractivity contribution is -0.130. The summed E-state index contributed by atoms with van der Waals surface area (Å²) in [5, 5.41) is 0. The van der Waals surface area contributed by atoms with Gasteiger partial charge < -0.3 is 4.74 Å². The number of hydrazine groups is 1. The monoisotopic (exact) mass is 340 g/mol. The van der Waals surface area contributed by atoms with Crippen LogP contribution >= 0.6 is 0 Å². The van der Waals surface area contributed by atoms with Crippen molar-refractivity contribution in [2.45, 2.75) is 33.1 Å². The topological polar surface area (TPSA) is 67.4 Å². The molecule has 0 aliphatic heterocycles. The van der Waals surface area contributed by atoms with Gasteiger partial charge in [0.15, 0.2) is 6.61 Å². The van der Waals surface area contributed by atoms with Gasteiger partial charge in [0.2, 0.25) is 5.91 Å². The molecular formula is C20H24N2O3. The Bertz CT molecular complexity index is 709. The van der Waals surface area contributed by atoms with Crippen molar-refractivity contribution in [3.8, 4) is 5.75 Å². The highest BCUT2D eigenvalue weighted by molar-refractivity contribution is 5.83. The lowest BCUT2D eigenvalue weighted by atomic mass is 9.98. The third-order valence-electron chi connectivity index (χ3n) is 3.77. The predicted octanol–water partition coefficient (Wildman–Crippen LogP) is 3.02. The minimum atomic E-state index is -0.403. The standard InChI is InChI=1S/C20H24N2O3/c1-14-9-15(2)11-18(10-14)25-13-20(24)22-21-19(23)12-16(3)17-7-5-4-6-8-17/h4-11,16H,12-13H2,1-3H3,(H,21,23)(H,22,24). The summed E-state index contributed by atoms with van der Waals surface area (Å²) in [7, 11) is 0. The molecule has 0 spiro atoms. The van der Waals surface area contributed by atoms with Crippen LogP contribution in [0.15, 0.2) is 48.5 Å². The number of rotatable bonds is 6. The first-order valence-electron chi connectivity index (χ1n) is 8.28. The molecule has 5 heteroatoms. The van der Waals surface area contributed by atoms with Gasteiger partial charge in [-0.25, -0.2) is 0 Å². The lowest BCUT2D eigenvalue weighted by Crippen LogP contribution is -2.44. The molecule has 0 fully saturated rings. The average molecular weight is 340 g/mol. The number of carbonyl (C=O) groups is 2. The molecule has 0 aliphatic carbocycles. The highest BCUT2D eigenvalue weighted by Gasteiger charge is 2.12. The molecule has 0 saturated carbocycles. The number of aryl methyl sites for hydroxylation is 2. The maximum absolute atomic E-state index is 11.9. The summed E-state index contributed by atoms with van der Waals surface area (Å²) in [6.45, 7) is 5.75. The average Bonchev–Trinajstić information content (AvgIpc) is 2.58. The fourth-order valence-electron chi connectivity index (χ4n) is 2.57. The summed E-state index contributed by atoms with van der Waals surface area (Å²) < 4.78 is 5.45. The van der Waals surface area contributed by atoms with Crippen molar-refractivity contribution in [2.24, 2.45) is 0 Å². The van der Waals surface area contributed by atoms with Gasteiger partial charge in [-0.15, -0.1) is 0 Å². The first-order valence-corrected chi connectivity index (χ1v) is 8.28. The first-order chi connectivity index (χ1) is 11.9. The summed E-state index contributed by atoms with van der Waals surface area (Å²) in [6.07, 6.45) is 0.294. The van der Waals surface area contributed by atoms with E-state index < -0.39 is 5.91 Å². The van der Waals surface area contributed by atoms with Gasteiger partial charge >= 0.3 is 0 Å². The van der Waals surface area contributed by atoms with E-state index in [9.17, 15) is 9.59 Å². The van der Waals surface area contributed by atoms with E-state index in [1.165, 1.54) is 0 Å². The molecule has 0 aliphatic rings. The van der Waals surface area contributed by atoms with Crippen LogP contribution in [0.2, 0.25) is 0 Å². The molecule has 0 bridgehead atoms. The van der Waals surface area contributed by atoms with Crippen LogP contribution in [0, 0.1) is 13.8 Å². The largest absolute Gasteiger partial charge is 0.484 e. The summed E-state index contributed by atoms with van der Waals surface area (Å²) in [5.74, 6) is 0.0669. The highest BCUT2D eigenvalue weighted by Crippen LogP contribution is 2.18. The van der Waals surface area contributed by atoms with Crippen LogP contribution in [0.4, 0.5) is 0 Å². The Kier molecular flexibility index (Phi) is 6.57. The summed E-state index contributed by atoms with van der Waals surface area (Å²) in [5.41, 5.74) is 8.02. The number of benzene rings is 2. The zero-order valence-electron chi connectivity index (χ0n) is 14.8. The van der Waals surface area contributed by atoms with E-state index in [4.69, 9.17) is 4.74 Å². The van der Waals surface area contributed by atoms with E-state index in [0.29, 0.717) is 12.2 Å². The third kappa shape index (κ3) is 6.30. The fraction of sp³-hybridized carbons (Fsp3) is 0.300. The van der Waals surface area contributed by atoms with Crippen molar-refractivity contribution >= 4 is 11.8 Å². The number of hydrogen-bond acceptors (Lipinski definition) is 3. The van der Waals surface area contributed by atoms with Gasteiger partial charge in [-0.1, -0.05) is 43.3 Å². The Morgan fingerprint density at radius 2 is 1.56 bits per heavy atom. The van der Waals surface area contributed by atoms with E-state index in [1.807, 2.05) is 69.3 Å². The Hall–Kier alpha value is -2.82. The Morgan fingerprint density at radius 3 is 2.20 bits per heavy atom. The quantitative estimate of drug-likeness (QED) is 0.794. The Balaban J connectivity index is 1.73. The van der Waals surface area contributed by atoms with Gasteiger partial charge in [0, 0.05) is 6.42 Å². The maximum Gasteiger partial charge on any atom is 0.276 e. The molecule has 0 saturated heterocycles. The van der Waals surface area contributed by atoms with Crippen LogP contribution < -0.4 is 15.6 Å². The lowest BCUT2D eigenvalue weighted by Gasteiger charge is -2.13. The number of amides is 2. The molecule has 0 aromatic heterocycles. The smallest absolute Gasteiger partial charge is 0.276 e. The molecule has 2 aromatic rings. The molecule has 0 radical (unpaired) electrons. The molecule has 132 valence electrons. The van der Waals surface area contributed by atoms with Crippen molar-refractivity contribution in [2.75, 3.05) is 6.61 Å². The van der Waals surface area contributed by atoms with Crippen LogP contribution in [0.3, 0.4) is 0 Å². The fourth-order valence-corrected chi connectivity index (χ4v) is 2.57. The van der Waals surface area contributed by atoms with Gasteiger partial charge in [0.05, 0.1) is 0 Å². The first kappa shape index (κ1) is 18.5. The van der Waals surface area contributed by atoms with Crippen molar-refractivity contribution in [1.29, 1.82) is 0 Å². The van der Waals surface area contributed by atoms with Crippen molar-refractivity contribution in [3.63, 3.8) is 0 Å². The molecule has 0 heterocycles. The van der Waals surface area contributed by atoms with E-state index in [2.05, 4.69) is 10.9 Å². The molecule has 2 aromatic carbocycles. The van der Waals surface area contributed by atoms with E-state index in [-0.39, 0.29) is 18.4 Å². The maximum atomic E-state index is 11.9.